The van der Waals surface area contributed by atoms with Gasteiger partial charge in [0.05, 0.1) is 59.5 Å². The summed E-state index contributed by atoms with van der Waals surface area (Å²) in [6.07, 6.45) is 6.79. The van der Waals surface area contributed by atoms with Crippen molar-refractivity contribution in [2.75, 3.05) is 71.8 Å². The molecule has 1 saturated heterocycles. The molecule has 0 bridgehead atoms. The molecule has 0 spiro atoms. The van der Waals surface area contributed by atoms with Crippen molar-refractivity contribution in [2.24, 2.45) is 0 Å². The van der Waals surface area contributed by atoms with Crippen molar-refractivity contribution in [1.29, 1.82) is 0 Å². The topological polar surface area (TPSA) is 145 Å². The molecule has 0 aromatic heterocycles. The number of carbonyl (C=O) groups excluding carboxylic acids is 1. The average Bonchev–Trinajstić information content (AvgIpc) is 2.92. The van der Waals surface area contributed by atoms with E-state index in [4.69, 9.17) is 28.4 Å². The lowest BCUT2D eigenvalue weighted by molar-refractivity contribution is -0.272. The van der Waals surface area contributed by atoms with Gasteiger partial charge in [-0.15, -0.1) is 0 Å². The highest BCUT2D eigenvalue weighted by Crippen LogP contribution is 2.22. The van der Waals surface area contributed by atoms with Crippen molar-refractivity contribution in [1.82, 2.24) is 5.32 Å². The van der Waals surface area contributed by atoms with Crippen LogP contribution in [0.5, 0.6) is 0 Å². The Kier molecular flexibility index (Phi) is 23.6. The maximum absolute atomic E-state index is 11.4. The van der Waals surface area contributed by atoms with Gasteiger partial charge >= 0.3 is 0 Å². The number of carbonyl (C=O) groups is 1. The van der Waals surface area contributed by atoms with Crippen molar-refractivity contribution < 1.29 is 48.5 Å². The van der Waals surface area contributed by atoms with Gasteiger partial charge in [-0.1, -0.05) is 44.9 Å². The largest absolute Gasteiger partial charge is 0.394 e. The Morgan fingerprint density at radius 2 is 1.18 bits per heavy atom. The minimum atomic E-state index is -1.34. The minimum absolute atomic E-state index is 0.127. The number of ether oxygens (including phenoxy) is 6. The summed E-state index contributed by atoms with van der Waals surface area (Å²) < 4.78 is 33.1. The van der Waals surface area contributed by atoms with Crippen molar-refractivity contribution in [3.63, 3.8) is 0 Å². The lowest BCUT2D eigenvalue weighted by Crippen LogP contribution is -2.64. The van der Waals surface area contributed by atoms with Gasteiger partial charge < -0.3 is 49.1 Å². The summed E-state index contributed by atoms with van der Waals surface area (Å²) in [6, 6.07) is -0.966. The molecule has 1 fully saturated rings. The second-order valence-electron chi connectivity index (χ2n) is 9.66. The van der Waals surface area contributed by atoms with Gasteiger partial charge in [0.2, 0.25) is 5.91 Å². The summed E-state index contributed by atoms with van der Waals surface area (Å²) in [5, 5.41) is 32.1. The second-order valence-corrected chi connectivity index (χ2v) is 10.1. The molecule has 1 heterocycles. The first-order chi connectivity index (χ1) is 19.0. The van der Waals surface area contributed by atoms with Gasteiger partial charge in [0, 0.05) is 13.5 Å². The molecule has 4 N–H and O–H groups in total. The van der Waals surface area contributed by atoms with Crippen LogP contribution in [0.4, 0.5) is 0 Å². The average molecular weight is 584 g/mol. The van der Waals surface area contributed by atoms with Crippen LogP contribution in [0, 0.1) is 0 Å². The van der Waals surface area contributed by atoms with E-state index in [1.165, 1.54) is 58.3 Å². The minimum Gasteiger partial charge on any atom is -0.394 e. The number of hydrogen-bond acceptors (Lipinski definition) is 11. The highest BCUT2D eigenvalue weighted by Gasteiger charge is 2.45. The summed E-state index contributed by atoms with van der Waals surface area (Å²) in [7, 11) is 0. The third-order valence-corrected chi connectivity index (χ3v) is 6.64. The fraction of sp³-hybridized carbons (Fsp3) is 0.963. The predicted molar refractivity (Wildman–Crippen MR) is 150 cm³/mol. The van der Waals surface area contributed by atoms with E-state index >= 15 is 0 Å². The van der Waals surface area contributed by atoms with E-state index in [0.29, 0.717) is 39.6 Å². The molecule has 1 rings (SSSR count). The summed E-state index contributed by atoms with van der Waals surface area (Å²) in [4.78, 5) is 11.4. The van der Waals surface area contributed by atoms with Crippen molar-refractivity contribution in [2.45, 2.75) is 95.4 Å². The molecule has 232 valence electrons. The smallest absolute Gasteiger partial charge is 0.217 e. The summed E-state index contributed by atoms with van der Waals surface area (Å²) in [5.74, 6) is 0.601. The van der Waals surface area contributed by atoms with Gasteiger partial charge in [-0.25, -0.2) is 0 Å². The van der Waals surface area contributed by atoms with Gasteiger partial charge in [0.25, 0.3) is 0 Å². The number of aliphatic hydroxyl groups excluding tert-OH is 3. The van der Waals surface area contributed by atoms with Crippen LogP contribution in [0.1, 0.15) is 64.7 Å². The molecule has 0 aromatic carbocycles. The maximum atomic E-state index is 11.4. The van der Waals surface area contributed by atoms with Crippen LogP contribution in [0.15, 0.2) is 0 Å². The van der Waals surface area contributed by atoms with E-state index in [2.05, 4.69) is 17.9 Å². The lowest BCUT2D eigenvalue weighted by Gasteiger charge is -2.42. The second kappa shape index (κ2) is 25.2. The Morgan fingerprint density at radius 1 is 0.718 bits per heavy atom. The fourth-order valence-corrected chi connectivity index (χ4v) is 4.37. The SMILES string of the molecule is CC(=O)N[C@H]1[C@H](OCCOCCOCCOCCOCCCCCCCCCCCS)O[C@@H](CO)[C@@H](O)[C@@H]1O. The van der Waals surface area contributed by atoms with Crippen molar-refractivity contribution in [3.8, 4) is 0 Å². The first-order valence-corrected chi connectivity index (χ1v) is 15.1. The highest BCUT2D eigenvalue weighted by molar-refractivity contribution is 7.80. The molecular weight excluding hydrogens is 530 g/mol. The highest BCUT2D eigenvalue weighted by atomic mass is 32.1. The normalized spacial score (nSPS) is 23.3. The molecule has 5 atom stereocenters. The van der Waals surface area contributed by atoms with Gasteiger partial charge in [-0.05, 0) is 18.6 Å². The molecule has 39 heavy (non-hydrogen) atoms. The zero-order valence-electron chi connectivity index (χ0n) is 23.7. The zero-order chi connectivity index (χ0) is 28.6. The molecule has 1 aliphatic heterocycles. The van der Waals surface area contributed by atoms with Gasteiger partial charge in [0.15, 0.2) is 6.29 Å². The molecule has 1 aliphatic rings. The first kappa shape index (κ1) is 36.5. The van der Waals surface area contributed by atoms with Gasteiger partial charge in [0.1, 0.15) is 24.4 Å². The van der Waals surface area contributed by atoms with Crippen LogP contribution in [0.3, 0.4) is 0 Å². The van der Waals surface area contributed by atoms with Crippen LogP contribution in [0.2, 0.25) is 0 Å². The van der Waals surface area contributed by atoms with E-state index in [0.717, 1.165) is 18.8 Å². The molecule has 11 nitrogen and oxygen atoms in total. The predicted octanol–water partition coefficient (Wildman–Crippen LogP) is 1.45. The summed E-state index contributed by atoms with van der Waals surface area (Å²) >= 11 is 4.24. The van der Waals surface area contributed by atoms with Crippen molar-refractivity contribution in [3.05, 3.63) is 0 Å². The number of hydrogen-bond donors (Lipinski definition) is 5. The number of nitrogens with one attached hydrogen (secondary N) is 1. The van der Waals surface area contributed by atoms with Crippen LogP contribution in [-0.2, 0) is 33.2 Å². The van der Waals surface area contributed by atoms with Crippen LogP contribution in [-0.4, -0.2) is 124 Å². The third-order valence-electron chi connectivity index (χ3n) is 6.32. The van der Waals surface area contributed by atoms with Crippen molar-refractivity contribution >= 4 is 18.5 Å². The molecular formula is C27H53NO10S. The summed E-state index contributed by atoms with van der Waals surface area (Å²) in [5.41, 5.74) is 0. The van der Waals surface area contributed by atoms with E-state index in [1.54, 1.807) is 0 Å². The molecule has 0 saturated carbocycles. The van der Waals surface area contributed by atoms with E-state index in [-0.39, 0.29) is 13.2 Å². The van der Waals surface area contributed by atoms with Gasteiger partial charge in [-0.3, -0.25) is 4.79 Å². The first-order valence-electron chi connectivity index (χ1n) is 14.4. The molecule has 0 aliphatic carbocycles. The van der Waals surface area contributed by atoms with E-state index < -0.39 is 43.2 Å². The third kappa shape index (κ3) is 18.5. The lowest BCUT2D eigenvalue weighted by atomic mass is 9.97. The maximum Gasteiger partial charge on any atom is 0.217 e. The van der Waals surface area contributed by atoms with Crippen LogP contribution < -0.4 is 5.32 Å². The number of rotatable bonds is 26. The van der Waals surface area contributed by atoms with E-state index in [1.807, 2.05) is 0 Å². The van der Waals surface area contributed by atoms with Crippen LogP contribution in [0.25, 0.3) is 0 Å². The Labute approximate surface area is 239 Å². The molecule has 0 aromatic rings. The number of thiol groups is 1. The number of aliphatic hydroxyl groups is 3. The monoisotopic (exact) mass is 583 g/mol. The molecule has 0 unspecified atom stereocenters. The van der Waals surface area contributed by atoms with Crippen LogP contribution >= 0.6 is 12.6 Å². The van der Waals surface area contributed by atoms with E-state index in [9.17, 15) is 20.1 Å². The fourth-order valence-electron chi connectivity index (χ4n) is 4.15. The standard InChI is InChI=1S/C27H53NO10S/c1-22(30)28-24-26(32)25(31)23(21-29)38-27(24)37-19-18-36-17-16-35-15-14-34-13-12-33-11-9-7-5-3-2-4-6-8-10-20-39/h23-27,29,31-32,39H,2-21H2,1H3,(H,28,30)/t23-,24+,25+,26+,27+/m0/s1. The number of amides is 1. The number of unbranched alkanes of at least 4 members (excludes halogenated alkanes) is 8. The van der Waals surface area contributed by atoms with Gasteiger partial charge in [-0.2, -0.15) is 12.6 Å². The molecule has 12 heteroatoms. The Bertz CT molecular complexity index is 577. The Hall–Kier alpha value is -0.540. The Balaban J connectivity index is 1.88. The Morgan fingerprint density at radius 3 is 1.67 bits per heavy atom. The molecule has 1 amide bonds. The molecule has 0 radical (unpaired) electrons. The quantitative estimate of drug-likeness (QED) is 0.0749. The summed E-state index contributed by atoms with van der Waals surface area (Å²) in [6.45, 7) is 4.81. The zero-order valence-corrected chi connectivity index (χ0v) is 24.6.